The molecular weight excluding hydrogens is 220 g/mol. The maximum absolute atomic E-state index is 3.70. The highest BCUT2D eigenvalue weighted by atomic mass is 15.1. The summed E-state index contributed by atoms with van der Waals surface area (Å²) in [5.74, 6) is 0. The average molecular weight is 246 g/mol. The van der Waals surface area contributed by atoms with Crippen LogP contribution in [0.15, 0.2) is 18.2 Å². The number of nitrogens with one attached hydrogen (secondary N) is 1. The molecule has 0 aliphatic carbocycles. The van der Waals surface area contributed by atoms with Crippen LogP contribution in [0.3, 0.4) is 0 Å². The first-order valence-corrected chi connectivity index (χ1v) is 7.31. The Balaban J connectivity index is 1.90. The molecule has 0 saturated heterocycles. The number of aryl methyl sites for hydroxylation is 2. The van der Waals surface area contributed by atoms with Gasteiger partial charge in [-0.15, -0.1) is 0 Å². The van der Waals surface area contributed by atoms with Gasteiger partial charge in [-0.3, -0.25) is 0 Å². The van der Waals surface area contributed by atoms with Gasteiger partial charge < -0.3 is 10.2 Å². The Morgan fingerprint density at radius 2 is 2.06 bits per heavy atom. The second kappa shape index (κ2) is 6.24. The Labute approximate surface area is 111 Å². The van der Waals surface area contributed by atoms with Crippen molar-refractivity contribution in [2.24, 2.45) is 0 Å². The number of nitrogens with zero attached hydrogens (tertiary/aromatic N) is 1. The minimum atomic E-state index is 0.654. The van der Waals surface area contributed by atoms with Crippen molar-refractivity contribution in [1.82, 2.24) is 4.90 Å². The minimum absolute atomic E-state index is 0.654. The van der Waals surface area contributed by atoms with Gasteiger partial charge in [-0.05, 0) is 50.9 Å². The maximum Gasteiger partial charge on any atom is 0.0375 e. The van der Waals surface area contributed by atoms with Crippen LogP contribution < -0.4 is 5.32 Å². The third-order valence-corrected chi connectivity index (χ3v) is 4.07. The summed E-state index contributed by atoms with van der Waals surface area (Å²) in [6, 6.07) is 7.43. The molecule has 0 unspecified atom stereocenters. The van der Waals surface area contributed by atoms with Crippen molar-refractivity contribution in [2.75, 3.05) is 25.0 Å². The van der Waals surface area contributed by atoms with Crippen LogP contribution in [0.25, 0.3) is 0 Å². The molecule has 1 atom stereocenters. The highest BCUT2D eigenvalue weighted by Crippen LogP contribution is 2.26. The van der Waals surface area contributed by atoms with Crippen LogP contribution in [0.1, 0.15) is 37.8 Å². The van der Waals surface area contributed by atoms with E-state index in [2.05, 4.69) is 49.2 Å². The number of rotatable bonds is 5. The van der Waals surface area contributed by atoms with Crippen LogP contribution >= 0.6 is 0 Å². The molecule has 0 aromatic heterocycles. The smallest absolute Gasteiger partial charge is 0.0375 e. The number of hydrogen-bond acceptors (Lipinski definition) is 2. The third-order valence-electron chi connectivity index (χ3n) is 4.07. The highest BCUT2D eigenvalue weighted by molar-refractivity contribution is 5.55. The quantitative estimate of drug-likeness (QED) is 0.856. The summed E-state index contributed by atoms with van der Waals surface area (Å²) >= 11 is 0. The van der Waals surface area contributed by atoms with Crippen molar-refractivity contribution in [2.45, 2.75) is 46.1 Å². The normalized spacial score (nSPS) is 18.6. The molecule has 0 saturated carbocycles. The topological polar surface area (TPSA) is 15.3 Å². The molecule has 1 aromatic rings. The molecule has 2 heteroatoms. The average Bonchev–Trinajstić information content (AvgIpc) is 2.40. The summed E-state index contributed by atoms with van der Waals surface area (Å²) in [5.41, 5.74) is 4.22. The predicted molar refractivity (Wildman–Crippen MR) is 79.3 cm³/mol. The number of hydrogen-bond donors (Lipinski definition) is 1. The van der Waals surface area contributed by atoms with Crippen LogP contribution in [0.4, 0.5) is 5.69 Å². The van der Waals surface area contributed by atoms with Gasteiger partial charge in [-0.1, -0.05) is 31.5 Å². The summed E-state index contributed by atoms with van der Waals surface area (Å²) in [6.45, 7) is 10.2. The standard InChI is InChI=1S/C16H26N2/c1-4-18(5-2)11-10-15-8-7-14-12-13(3)6-9-16(14)17-15/h6,9,12,15,17H,4-5,7-8,10-11H2,1-3H3/t15-/m1/s1. The van der Waals surface area contributed by atoms with Crippen molar-refractivity contribution in [3.63, 3.8) is 0 Å². The summed E-state index contributed by atoms with van der Waals surface area (Å²) in [7, 11) is 0. The minimum Gasteiger partial charge on any atom is -0.382 e. The van der Waals surface area contributed by atoms with Crippen LogP contribution in [-0.4, -0.2) is 30.6 Å². The van der Waals surface area contributed by atoms with Crippen LogP contribution in [0, 0.1) is 6.92 Å². The molecule has 2 nitrogen and oxygen atoms in total. The van der Waals surface area contributed by atoms with Gasteiger partial charge in [0.05, 0.1) is 0 Å². The predicted octanol–water partition coefficient (Wildman–Crippen LogP) is 3.45. The van der Waals surface area contributed by atoms with Crippen molar-refractivity contribution in [3.05, 3.63) is 29.3 Å². The van der Waals surface area contributed by atoms with Crippen molar-refractivity contribution in [3.8, 4) is 0 Å². The molecule has 1 aliphatic heterocycles. The first-order valence-electron chi connectivity index (χ1n) is 7.31. The molecule has 1 N–H and O–H groups in total. The Morgan fingerprint density at radius 3 is 2.78 bits per heavy atom. The van der Waals surface area contributed by atoms with Gasteiger partial charge in [-0.2, -0.15) is 0 Å². The third kappa shape index (κ3) is 3.26. The Kier molecular flexibility index (Phi) is 4.65. The largest absolute Gasteiger partial charge is 0.382 e. The monoisotopic (exact) mass is 246 g/mol. The second-order valence-electron chi connectivity index (χ2n) is 5.36. The Morgan fingerprint density at radius 1 is 1.28 bits per heavy atom. The van der Waals surface area contributed by atoms with Crippen LogP contribution in [-0.2, 0) is 6.42 Å². The fraction of sp³-hybridized carbons (Fsp3) is 0.625. The number of fused-ring (bicyclic) bond motifs is 1. The number of anilines is 1. The molecular formula is C16H26N2. The molecule has 100 valence electrons. The van der Waals surface area contributed by atoms with E-state index in [0.29, 0.717) is 6.04 Å². The molecule has 0 fully saturated rings. The molecule has 0 radical (unpaired) electrons. The zero-order valence-electron chi connectivity index (χ0n) is 12.0. The van der Waals surface area contributed by atoms with Crippen LogP contribution in [0.2, 0.25) is 0 Å². The van der Waals surface area contributed by atoms with Gasteiger partial charge in [-0.25, -0.2) is 0 Å². The van der Waals surface area contributed by atoms with Gasteiger partial charge >= 0.3 is 0 Å². The Bertz CT molecular complexity index is 383. The molecule has 1 aromatic carbocycles. The van der Waals surface area contributed by atoms with Gasteiger partial charge in [0.15, 0.2) is 0 Å². The summed E-state index contributed by atoms with van der Waals surface area (Å²) in [5, 5.41) is 3.70. The van der Waals surface area contributed by atoms with E-state index in [1.54, 1.807) is 0 Å². The van der Waals surface area contributed by atoms with Gasteiger partial charge in [0.1, 0.15) is 0 Å². The zero-order chi connectivity index (χ0) is 13.0. The first kappa shape index (κ1) is 13.4. The van der Waals surface area contributed by atoms with Gasteiger partial charge in [0, 0.05) is 18.3 Å². The van der Waals surface area contributed by atoms with E-state index < -0.39 is 0 Å². The second-order valence-corrected chi connectivity index (χ2v) is 5.36. The lowest BCUT2D eigenvalue weighted by Gasteiger charge is -2.29. The van der Waals surface area contributed by atoms with E-state index in [0.717, 1.165) is 0 Å². The van der Waals surface area contributed by atoms with Crippen molar-refractivity contribution in [1.29, 1.82) is 0 Å². The molecule has 18 heavy (non-hydrogen) atoms. The maximum atomic E-state index is 3.70. The van der Waals surface area contributed by atoms with Gasteiger partial charge in [0.25, 0.3) is 0 Å². The fourth-order valence-corrected chi connectivity index (χ4v) is 2.79. The lowest BCUT2D eigenvalue weighted by atomic mass is 9.95. The van der Waals surface area contributed by atoms with Crippen molar-refractivity contribution < 1.29 is 0 Å². The van der Waals surface area contributed by atoms with E-state index >= 15 is 0 Å². The SMILES string of the molecule is CCN(CC)CC[C@H]1CCc2cc(C)ccc2N1. The molecule has 1 heterocycles. The molecule has 0 bridgehead atoms. The molecule has 0 amide bonds. The van der Waals surface area contributed by atoms with Crippen LogP contribution in [0.5, 0.6) is 0 Å². The van der Waals surface area contributed by atoms with E-state index in [-0.39, 0.29) is 0 Å². The van der Waals surface area contributed by atoms with Crippen molar-refractivity contribution >= 4 is 5.69 Å². The lowest BCUT2D eigenvalue weighted by Crippen LogP contribution is -2.32. The summed E-state index contributed by atoms with van der Waals surface area (Å²) in [6.07, 6.45) is 3.76. The Hall–Kier alpha value is -1.02. The first-order chi connectivity index (χ1) is 8.72. The molecule has 2 rings (SSSR count). The highest BCUT2D eigenvalue weighted by Gasteiger charge is 2.17. The molecule has 1 aliphatic rings. The van der Waals surface area contributed by atoms with Gasteiger partial charge in [0.2, 0.25) is 0 Å². The summed E-state index contributed by atoms with van der Waals surface area (Å²) < 4.78 is 0. The fourth-order valence-electron chi connectivity index (χ4n) is 2.79. The van der Waals surface area contributed by atoms with E-state index in [4.69, 9.17) is 0 Å². The number of benzene rings is 1. The van der Waals surface area contributed by atoms with E-state index in [1.807, 2.05) is 0 Å². The zero-order valence-corrected chi connectivity index (χ0v) is 12.0. The summed E-state index contributed by atoms with van der Waals surface area (Å²) in [4.78, 5) is 2.51. The van der Waals surface area contributed by atoms with E-state index in [1.165, 1.54) is 55.7 Å². The van der Waals surface area contributed by atoms with E-state index in [9.17, 15) is 0 Å². The lowest BCUT2D eigenvalue weighted by molar-refractivity contribution is 0.290. The molecule has 0 spiro atoms.